The second-order valence-electron chi connectivity index (χ2n) is 8.11. The van der Waals surface area contributed by atoms with Crippen LogP contribution in [0.15, 0.2) is 83.4 Å². The first-order chi connectivity index (χ1) is 18.3. The molecule has 1 aromatic heterocycles. The predicted octanol–water partition coefficient (Wildman–Crippen LogP) is 5.44. The monoisotopic (exact) mass is 527 g/mol. The van der Waals surface area contributed by atoms with Crippen molar-refractivity contribution < 1.29 is 36.7 Å². The van der Waals surface area contributed by atoms with E-state index in [0.717, 1.165) is 11.1 Å². The fourth-order valence-electron chi connectivity index (χ4n) is 3.60. The van der Waals surface area contributed by atoms with Crippen molar-refractivity contribution in [2.45, 2.75) is 19.3 Å². The summed E-state index contributed by atoms with van der Waals surface area (Å²) < 4.78 is 58.0. The van der Waals surface area contributed by atoms with Gasteiger partial charge in [-0.15, -0.1) is 13.2 Å². The highest BCUT2D eigenvalue weighted by molar-refractivity contribution is 5.76. The van der Waals surface area contributed by atoms with Gasteiger partial charge in [0.2, 0.25) is 0 Å². The van der Waals surface area contributed by atoms with Crippen molar-refractivity contribution in [3.8, 4) is 23.0 Å². The number of hydrogen-bond donors (Lipinski definition) is 0. The second kappa shape index (κ2) is 12.1. The van der Waals surface area contributed by atoms with Crippen molar-refractivity contribution in [1.29, 1.82) is 0 Å². The highest BCUT2D eigenvalue weighted by Gasteiger charge is 2.31. The van der Waals surface area contributed by atoms with Gasteiger partial charge in [-0.3, -0.25) is 4.79 Å². The number of nitrogens with zero attached hydrogens (tertiary/aromatic N) is 3. The number of halogens is 3. The van der Waals surface area contributed by atoms with E-state index in [0.29, 0.717) is 36.2 Å². The quantitative estimate of drug-likeness (QED) is 0.239. The zero-order valence-corrected chi connectivity index (χ0v) is 20.4. The smallest absolute Gasteiger partial charge is 0.493 e. The molecule has 0 saturated heterocycles. The highest BCUT2D eigenvalue weighted by Crippen LogP contribution is 2.28. The summed E-state index contributed by atoms with van der Waals surface area (Å²) >= 11 is 0. The molecular formula is C27H24F3N3O5. The summed E-state index contributed by atoms with van der Waals surface area (Å²) in [5.74, 6) is 0.568. The van der Waals surface area contributed by atoms with Crippen molar-refractivity contribution in [3.05, 3.63) is 90.3 Å². The van der Waals surface area contributed by atoms with E-state index in [9.17, 15) is 18.0 Å². The molecule has 0 N–H and O–H groups in total. The van der Waals surface area contributed by atoms with Crippen LogP contribution in [0.5, 0.6) is 11.5 Å². The number of benzene rings is 3. The van der Waals surface area contributed by atoms with Gasteiger partial charge in [-0.2, -0.15) is 4.98 Å². The lowest BCUT2D eigenvalue weighted by Crippen LogP contribution is -2.30. The van der Waals surface area contributed by atoms with Crippen LogP contribution < -0.4 is 14.4 Å². The van der Waals surface area contributed by atoms with Gasteiger partial charge in [0.15, 0.2) is 5.82 Å². The minimum absolute atomic E-state index is 0.182. The van der Waals surface area contributed by atoms with Gasteiger partial charge in [0.25, 0.3) is 5.89 Å². The summed E-state index contributed by atoms with van der Waals surface area (Å²) in [6.07, 6.45) is -4.41. The van der Waals surface area contributed by atoms with Crippen LogP contribution in [-0.4, -0.2) is 42.7 Å². The number of carbonyl (C=O) groups is 1. The van der Waals surface area contributed by atoms with Crippen molar-refractivity contribution >= 4 is 11.7 Å². The van der Waals surface area contributed by atoms with E-state index >= 15 is 0 Å². The molecule has 0 aliphatic rings. The highest BCUT2D eigenvalue weighted by atomic mass is 19.4. The predicted molar refractivity (Wildman–Crippen MR) is 132 cm³/mol. The molecule has 3 aromatic carbocycles. The molecule has 0 saturated carbocycles. The van der Waals surface area contributed by atoms with Crippen LogP contribution in [0, 0.1) is 0 Å². The Bertz CT molecular complexity index is 1350. The summed E-state index contributed by atoms with van der Waals surface area (Å²) in [6.45, 7) is 0.311. The molecule has 1 heterocycles. The molecule has 0 atom stereocenters. The first-order valence-electron chi connectivity index (χ1n) is 11.6. The molecule has 0 bridgehead atoms. The maximum atomic E-state index is 12.7. The summed E-state index contributed by atoms with van der Waals surface area (Å²) in [5.41, 5.74) is 1.95. The summed E-state index contributed by atoms with van der Waals surface area (Å²) in [4.78, 5) is 18.0. The number of aromatic nitrogens is 2. The molecule has 0 spiro atoms. The lowest BCUT2D eigenvalue weighted by molar-refractivity contribution is -0.274. The van der Waals surface area contributed by atoms with E-state index in [2.05, 4.69) is 14.9 Å². The zero-order chi connectivity index (χ0) is 27.0. The van der Waals surface area contributed by atoms with Gasteiger partial charge < -0.3 is 23.6 Å². The normalized spacial score (nSPS) is 11.2. The van der Waals surface area contributed by atoms with Gasteiger partial charge in [0.05, 0.1) is 13.7 Å². The average molecular weight is 527 g/mol. The van der Waals surface area contributed by atoms with E-state index < -0.39 is 12.3 Å². The van der Waals surface area contributed by atoms with E-state index in [-0.39, 0.29) is 18.8 Å². The minimum Gasteiger partial charge on any atom is -0.493 e. The Kier molecular flexibility index (Phi) is 8.47. The molecule has 4 rings (SSSR count). The molecule has 0 aliphatic heterocycles. The van der Waals surface area contributed by atoms with E-state index in [1.165, 1.54) is 25.3 Å². The number of carbonyl (C=O) groups excluding carboxylic acids is 1. The Labute approximate surface area is 216 Å². The lowest BCUT2D eigenvalue weighted by atomic mass is 10.1. The molecule has 0 radical (unpaired) electrons. The largest absolute Gasteiger partial charge is 0.573 e. The first-order valence-corrected chi connectivity index (χ1v) is 11.6. The number of esters is 1. The SMILES string of the molecule is COC(=O)CN(Cc1cccc(OCCc2noc(-c3ccccc3)n2)c1)c1cccc(OC(F)(F)F)c1. The fraction of sp³-hybridized carbons (Fsp3) is 0.222. The van der Waals surface area contributed by atoms with Crippen LogP contribution in [0.2, 0.25) is 0 Å². The Morgan fingerprint density at radius 1 is 0.974 bits per heavy atom. The van der Waals surface area contributed by atoms with Crippen LogP contribution >= 0.6 is 0 Å². The van der Waals surface area contributed by atoms with Gasteiger partial charge in [0.1, 0.15) is 18.0 Å². The molecule has 0 aliphatic carbocycles. The minimum atomic E-state index is -4.83. The van der Waals surface area contributed by atoms with Gasteiger partial charge in [-0.1, -0.05) is 41.6 Å². The molecule has 0 amide bonds. The van der Waals surface area contributed by atoms with Crippen LogP contribution in [0.1, 0.15) is 11.4 Å². The lowest BCUT2D eigenvalue weighted by Gasteiger charge is -2.24. The van der Waals surface area contributed by atoms with E-state index in [4.69, 9.17) is 14.0 Å². The van der Waals surface area contributed by atoms with Crippen LogP contribution in [-0.2, 0) is 22.5 Å². The number of rotatable bonds is 11. The topological polar surface area (TPSA) is 86.9 Å². The third kappa shape index (κ3) is 7.73. The summed E-state index contributed by atoms with van der Waals surface area (Å²) in [7, 11) is 1.24. The van der Waals surface area contributed by atoms with Crippen molar-refractivity contribution in [2.75, 3.05) is 25.2 Å². The van der Waals surface area contributed by atoms with Gasteiger partial charge >= 0.3 is 12.3 Å². The molecular weight excluding hydrogens is 503 g/mol. The Morgan fingerprint density at radius 2 is 1.74 bits per heavy atom. The van der Waals surface area contributed by atoms with E-state index in [1.807, 2.05) is 36.4 Å². The third-order valence-corrected chi connectivity index (χ3v) is 5.32. The number of hydrogen-bond acceptors (Lipinski definition) is 8. The van der Waals surface area contributed by atoms with Crippen molar-refractivity contribution in [1.82, 2.24) is 10.1 Å². The molecule has 0 unspecified atom stereocenters. The van der Waals surface area contributed by atoms with Crippen LogP contribution in [0.4, 0.5) is 18.9 Å². The average Bonchev–Trinajstić information content (AvgIpc) is 3.37. The maximum absolute atomic E-state index is 12.7. The number of anilines is 1. The second-order valence-corrected chi connectivity index (χ2v) is 8.11. The molecule has 38 heavy (non-hydrogen) atoms. The Hall–Kier alpha value is -4.54. The molecule has 198 valence electrons. The molecule has 11 heteroatoms. The fourth-order valence-corrected chi connectivity index (χ4v) is 3.60. The Morgan fingerprint density at radius 3 is 2.50 bits per heavy atom. The summed E-state index contributed by atoms with van der Waals surface area (Å²) in [5, 5.41) is 3.98. The standard InChI is InChI=1S/C27H24F3N3O5/c1-35-25(34)18-33(21-10-6-12-23(16-21)37-27(28,29)30)17-19-7-5-11-22(15-19)36-14-13-24-31-26(38-32-24)20-8-3-2-4-9-20/h2-12,15-16H,13-14,17-18H2,1H3. The van der Waals surface area contributed by atoms with E-state index in [1.54, 1.807) is 29.2 Å². The van der Waals surface area contributed by atoms with Crippen LogP contribution in [0.3, 0.4) is 0 Å². The first kappa shape index (κ1) is 26.5. The van der Waals surface area contributed by atoms with Crippen molar-refractivity contribution in [2.24, 2.45) is 0 Å². The summed E-state index contributed by atoms with van der Waals surface area (Å²) in [6, 6.07) is 22.0. The number of alkyl halides is 3. The molecule has 4 aromatic rings. The Balaban J connectivity index is 1.41. The zero-order valence-electron chi connectivity index (χ0n) is 20.4. The van der Waals surface area contributed by atoms with Gasteiger partial charge in [-0.05, 0) is 42.0 Å². The van der Waals surface area contributed by atoms with Gasteiger partial charge in [0, 0.05) is 30.3 Å². The van der Waals surface area contributed by atoms with Crippen LogP contribution in [0.25, 0.3) is 11.5 Å². The number of methoxy groups -OCH3 is 1. The maximum Gasteiger partial charge on any atom is 0.573 e. The third-order valence-electron chi connectivity index (χ3n) is 5.32. The number of ether oxygens (including phenoxy) is 3. The molecule has 8 nitrogen and oxygen atoms in total. The van der Waals surface area contributed by atoms with Crippen molar-refractivity contribution in [3.63, 3.8) is 0 Å². The van der Waals surface area contributed by atoms with Gasteiger partial charge in [-0.25, -0.2) is 0 Å². The molecule has 0 fully saturated rings.